The van der Waals surface area contributed by atoms with Crippen molar-refractivity contribution in [2.24, 2.45) is 0 Å². The summed E-state index contributed by atoms with van der Waals surface area (Å²) in [5, 5.41) is 12.0. The molecular weight excluding hydrogens is 322 g/mol. The highest BCUT2D eigenvalue weighted by atomic mass is 16.5. The second-order valence-electron chi connectivity index (χ2n) is 5.22. The van der Waals surface area contributed by atoms with E-state index in [-0.39, 0.29) is 18.3 Å². The van der Waals surface area contributed by atoms with Crippen molar-refractivity contribution in [3.8, 4) is 17.3 Å². The molecule has 0 aliphatic heterocycles. The molecule has 0 saturated carbocycles. The molecular formula is C18H15N3O4. The molecule has 1 amide bonds. The van der Waals surface area contributed by atoms with Gasteiger partial charge >= 0.3 is 6.09 Å². The van der Waals surface area contributed by atoms with Crippen LogP contribution in [-0.4, -0.2) is 21.2 Å². The van der Waals surface area contributed by atoms with Crippen LogP contribution in [0.2, 0.25) is 0 Å². The third kappa shape index (κ3) is 4.44. The summed E-state index contributed by atoms with van der Waals surface area (Å²) in [6.45, 7) is 0.180. The fraction of sp³-hybridized carbons (Fsp3) is 0.0556. The second-order valence-corrected chi connectivity index (χ2v) is 5.22. The Balaban J connectivity index is 1.62. The number of nitrogens with zero attached hydrogens (tertiary/aromatic N) is 1. The zero-order valence-corrected chi connectivity index (χ0v) is 13.1. The molecule has 0 spiro atoms. The molecule has 0 radical (unpaired) electrons. The Morgan fingerprint density at radius 1 is 1.12 bits per heavy atom. The molecule has 0 saturated heterocycles. The van der Waals surface area contributed by atoms with E-state index in [9.17, 15) is 14.7 Å². The van der Waals surface area contributed by atoms with Crippen LogP contribution in [0, 0.1) is 0 Å². The Kier molecular flexibility index (Phi) is 4.75. The Morgan fingerprint density at radius 3 is 2.52 bits per heavy atom. The molecule has 0 atom stereocenters. The van der Waals surface area contributed by atoms with Crippen LogP contribution >= 0.6 is 0 Å². The maximum Gasteiger partial charge on any atom is 0.411 e. The predicted octanol–water partition coefficient (Wildman–Crippen LogP) is 2.89. The van der Waals surface area contributed by atoms with Gasteiger partial charge in [0.05, 0.1) is 6.07 Å². The van der Waals surface area contributed by atoms with Gasteiger partial charge in [0.15, 0.2) is 0 Å². The van der Waals surface area contributed by atoms with E-state index < -0.39 is 11.7 Å². The molecule has 1 heterocycles. The summed E-state index contributed by atoms with van der Waals surface area (Å²) in [5.41, 5.74) is 1.57. The molecule has 2 aromatic carbocycles. The summed E-state index contributed by atoms with van der Waals surface area (Å²) >= 11 is 0. The van der Waals surface area contributed by atoms with Crippen molar-refractivity contribution in [3.63, 3.8) is 0 Å². The minimum absolute atomic E-state index is 0.180. The van der Waals surface area contributed by atoms with E-state index in [2.05, 4.69) is 15.3 Å². The lowest BCUT2D eigenvalue weighted by Gasteiger charge is -2.08. The molecule has 7 nitrogen and oxygen atoms in total. The first-order valence-electron chi connectivity index (χ1n) is 7.48. The number of aromatic nitrogens is 2. The predicted molar refractivity (Wildman–Crippen MR) is 92.2 cm³/mol. The van der Waals surface area contributed by atoms with Crippen LogP contribution in [0.15, 0.2) is 65.5 Å². The van der Waals surface area contributed by atoms with Gasteiger partial charge in [0.25, 0.3) is 5.56 Å². The van der Waals surface area contributed by atoms with E-state index in [1.54, 1.807) is 24.3 Å². The molecule has 3 aromatic rings. The van der Waals surface area contributed by atoms with Crippen LogP contribution in [-0.2, 0) is 11.3 Å². The van der Waals surface area contributed by atoms with E-state index in [0.717, 1.165) is 11.6 Å². The standard InChI is InChI=1S/C18H15N3O4/c22-15-10-16(23)21-17(20-15)13-6-8-14(9-7-13)19-18(24)25-11-12-4-2-1-3-5-12/h1-10H,11H2,(H,19,24)(H2,20,21,22,23). The lowest BCUT2D eigenvalue weighted by Crippen LogP contribution is -2.13. The second kappa shape index (κ2) is 7.31. The molecule has 126 valence electrons. The highest BCUT2D eigenvalue weighted by Crippen LogP contribution is 2.18. The number of hydrogen-bond acceptors (Lipinski definition) is 5. The van der Waals surface area contributed by atoms with E-state index in [4.69, 9.17) is 4.74 Å². The maximum absolute atomic E-state index is 11.8. The normalized spacial score (nSPS) is 10.2. The zero-order chi connectivity index (χ0) is 17.6. The maximum atomic E-state index is 11.8. The van der Waals surface area contributed by atoms with Crippen molar-refractivity contribution in [3.05, 3.63) is 76.6 Å². The average Bonchev–Trinajstić information content (AvgIpc) is 2.61. The summed E-state index contributed by atoms with van der Waals surface area (Å²) in [4.78, 5) is 29.5. The number of benzene rings is 2. The van der Waals surface area contributed by atoms with E-state index >= 15 is 0 Å². The highest BCUT2D eigenvalue weighted by Gasteiger charge is 2.06. The number of rotatable bonds is 4. The molecule has 0 aliphatic rings. The summed E-state index contributed by atoms with van der Waals surface area (Å²) in [7, 11) is 0. The molecule has 3 N–H and O–H groups in total. The van der Waals surface area contributed by atoms with Crippen LogP contribution in [0.1, 0.15) is 5.56 Å². The molecule has 0 fully saturated rings. The molecule has 25 heavy (non-hydrogen) atoms. The molecule has 7 heteroatoms. The fourth-order valence-electron chi connectivity index (χ4n) is 2.17. The number of ether oxygens (including phenoxy) is 1. The number of carbonyl (C=O) groups is 1. The molecule has 0 aliphatic carbocycles. The van der Waals surface area contributed by atoms with Crippen LogP contribution in [0.3, 0.4) is 0 Å². The van der Waals surface area contributed by atoms with Gasteiger partial charge in [0.1, 0.15) is 12.4 Å². The summed E-state index contributed by atoms with van der Waals surface area (Å²) in [5.74, 6) is -0.117. The summed E-state index contributed by atoms with van der Waals surface area (Å²) in [6.07, 6.45) is -0.569. The number of amides is 1. The van der Waals surface area contributed by atoms with Crippen LogP contribution in [0.4, 0.5) is 10.5 Å². The lowest BCUT2D eigenvalue weighted by atomic mass is 10.2. The van der Waals surface area contributed by atoms with Gasteiger partial charge in [0, 0.05) is 11.3 Å². The minimum Gasteiger partial charge on any atom is -0.493 e. The average molecular weight is 337 g/mol. The summed E-state index contributed by atoms with van der Waals surface area (Å²) in [6, 6.07) is 16.9. The topological polar surface area (TPSA) is 104 Å². The van der Waals surface area contributed by atoms with Crippen molar-refractivity contribution in [1.82, 2.24) is 9.97 Å². The van der Waals surface area contributed by atoms with Gasteiger partial charge in [-0.3, -0.25) is 10.1 Å². The third-order valence-corrected chi connectivity index (χ3v) is 3.35. The van der Waals surface area contributed by atoms with Gasteiger partial charge in [-0.1, -0.05) is 30.3 Å². The minimum atomic E-state index is -0.569. The number of anilines is 1. The van der Waals surface area contributed by atoms with E-state index in [1.807, 2.05) is 30.3 Å². The SMILES string of the molecule is O=C(Nc1ccc(-c2nc(O)cc(=O)[nH]2)cc1)OCc1ccccc1. The zero-order valence-electron chi connectivity index (χ0n) is 13.1. The smallest absolute Gasteiger partial charge is 0.411 e. The van der Waals surface area contributed by atoms with E-state index in [0.29, 0.717) is 11.3 Å². The van der Waals surface area contributed by atoms with Crippen molar-refractivity contribution in [2.75, 3.05) is 5.32 Å². The Labute approximate surface area is 142 Å². The molecule has 0 bridgehead atoms. The first-order valence-corrected chi connectivity index (χ1v) is 7.48. The third-order valence-electron chi connectivity index (χ3n) is 3.35. The highest BCUT2D eigenvalue weighted by molar-refractivity contribution is 5.84. The number of hydrogen-bond donors (Lipinski definition) is 3. The van der Waals surface area contributed by atoms with Gasteiger partial charge in [-0.25, -0.2) is 4.79 Å². The Morgan fingerprint density at radius 2 is 1.84 bits per heavy atom. The Hall–Kier alpha value is -3.61. The van der Waals surface area contributed by atoms with Gasteiger partial charge in [-0.05, 0) is 29.8 Å². The quantitative estimate of drug-likeness (QED) is 0.679. The van der Waals surface area contributed by atoms with Gasteiger partial charge in [-0.2, -0.15) is 4.98 Å². The number of H-pyrrole nitrogens is 1. The van der Waals surface area contributed by atoms with Gasteiger partial charge in [-0.15, -0.1) is 0 Å². The van der Waals surface area contributed by atoms with Crippen molar-refractivity contribution in [1.29, 1.82) is 0 Å². The number of aromatic hydroxyl groups is 1. The first-order chi connectivity index (χ1) is 12.1. The van der Waals surface area contributed by atoms with Gasteiger partial charge in [0.2, 0.25) is 5.88 Å². The lowest BCUT2D eigenvalue weighted by molar-refractivity contribution is 0.155. The largest absolute Gasteiger partial charge is 0.493 e. The molecule has 3 rings (SSSR count). The van der Waals surface area contributed by atoms with Crippen molar-refractivity contribution in [2.45, 2.75) is 6.61 Å². The van der Waals surface area contributed by atoms with Gasteiger partial charge < -0.3 is 14.8 Å². The van der Waals surface area contributed by atoms with Crippen LogP contribution in [0.25, 0.3) is 11.4 Å². The molecule has 1 aromatic heterocycles. The van der Waals surface area contributed by atoms with Crippen LogP contribution < -0.4 is 10.9 Å². The number of nitrogens with one attached hydrogen (secondary N) is 2. The monoisotopic (exact) mass is 337 g/mol. The number of aromatic amines is 1. The first kappa shape index (κ1) is 16.3. The van der Waals surface area contributed by atoms with E-state index in [1.165, 1.54) is 0 Å². The van der Waals surface area contributed by atoms with Crippen LogP contribution in [0.5, 0.6) is 5.88 Å². The summed E-state index contributed by atoms with van der Waals surface area (Å²) < 4.78 is 5.14. The number of carbonyl (C=O) groups excluding carboxylic acids is 1. The fourth-order valence-corrected chi connectivity index (χ4v) is 2.17. The molecule has 0 unspecified atom stereocenters. The van der Waals surface area contributed by atoms with Crippen molar-refractivity contribution < 1.29 is 14.6 Å². The Bertz CT molecular complexity index is 921. The van der Waals surface area contributed by atoms with Crippen molar-refractivity contribution >= 4 is 11.8 Å².